The van der Waals surface area contributed by atoms with E-state index in [0.29, 0.717) is 25.1 Å². The maximum absolute atomic E-state index is 13.6. The Hall–Kier alpha value is -2.89. The largest absolute Gasteiger partial charge is 0.445 e. The highest BCUT2D eigenvalue weighted by Gasteiger charge is 2.39. The van der Waals surface area contributed by atoms with Gasteiger partial charge in [-0.15, -0.1) is 0 Å². The average molecular weight is 383 g/mol. The molecule has 1 heterocycles. The lowest BCUT2D eigenvalue weighted by Crippen LogP contribution is -2.55. The molecule has 0 aliphatic carbocycles. The molecule has 3 rings (SSSR count). The quantitative estimate of drug-likeness (QED) is 0.774. The summed E-state index contributed by atoms with van der Waals surface area (Å²) in [5.41, 5.74) is 1.23. The van der Waals surface area contributed by atoms with Gasteiger partial charge in [0.15, 0.2) is 0 Å². The topological polar surface area (TPSA) is 53.9 Å². The van der Waals surface area contributed by atoms with Gasteiger partial charge in [0.1, 0.15) is 12.4 Å². The second-order valence-corrected chi connectivity index (χ2v) is 7.22. The first kappa shape index (κ1) is 19.9. The molecule has 1 saturated heterocycles. The maximum atomic E-state index is 13.6. The van der Waals surface area contributed by atoms with Crippen LogP contribution in [0.25, 0.3) is 0 Å². The van der Waals surface area contributed by atoms with E-state index in [2.05, 4.69) is 10.3 Å². The van der Waals surface area contributed by atoms with E-state index in [-0.39, 0.29) is 24.6 Å². The van der Waals surface area contributed by atoms with Crippen molar-refractivity contribution in [3.05, 3.63) is 66.0 Å². The molecule has 28 heavy (non-hydrogen) atoms. The van der Waals surface area contributed by atoms with Gasteiger partial charge in [0.25, 0.3) is 0 Å². The summed E-state index contributed by atoms with van der Waals surface area (Å²) in [7, 11) is 1.72. The Bertz CT molecular complexity index is 828. The van der Waals surface area contributed by atoms with Crippen LogP contribution in [0.1, 0.15) is 25.3 Å². The molecular weight excluding hydrogens is 357 g/mol. The number of likely N-dealkylation sites (tertiary alicyclic amines) is 1. The first-order valence-corrected chi connectivity index (χ1v) is 9.46. The predicted molar refractivity (Wildman–Crippen MR) is 109 cm³/mol. The number of hydrogen-bond acceptors (Lipinski definition) is 4. The van der Waals surface area contributed by atoms with Crippen molar-refractivity contribution in [2.75, 3.05) is 18.9 Å². The fraction of sp³-hybridized carbons (Fsp3) is 0.364. The van der Waals surface area contributed by atoms with E-state index in [4.69, 9.17) is 4.74 Å². The molecule has 6 heteroatoms. The van der Waals surface area contributed by atoms with Gasteiger partial charge in [0.05, 0.1) is 5.54 Å². The summed E-state index contributed by atoms with van der Waals surface area (Å²) in [6.45, 7) is 2.78. The molecule has 0 saturated carbocycles. The monoisotopic (exact) mass is 383 g/mol. The average Bonchev–Trinajstić information content (AvgIpc) is 2.67. The zero-order valence-corrected chi connectivity index (χ0v) is 16.3. The van der Waals surface area contributed by atoms with Gasteiger partial charge in [-0.3, -0.25) is 4.99 Å². The van der Waals surface area contributed by atoms with Crippen molar-refractivity contribution in [2.24, 2.45) is 4.99 Å². The number of ether oxygens (including phenoxy) is 1. The van der Waals surface area contributed by atoms with Crippen LogP contribution in [-0.4, -0.2) is 42.4 Å². The van der Waals surface area contributed by atoms with Crippen LogP contribution in [0, 0.1) is 5.82 Å². The molecule has 0 aromatic heterocycles. The summed E-state index contributed by atoms with van der Waals surface area (Å²) in [6.07, 6.45) is 2.86. The number of anilines is 1. The molecule has 1 fully saturated rings. The number of aliphatic imine (C=N–C) groups is 1. The third-order valence-electron chi connectivity index (χ3n) is 5.02. The molecule has 2 atom stereocenters. The molecule has 0 spiro atoms. The van der Waals surface area contributed by atoms with Gasteiger partial charge in [-0.2, -0.15) is 0 Å². The number of halogens is 1. The number of hydrogen-bond donors (Lipinski definition) is 1. The van der Waals surface area contributed by atoms with Crippen molar-refractivity contribution in [2.45, 2.75) is 38.0 Å². The smallest absolute Gasteiger partial charge is 0.410 e. The summed E-state index contributed by atoms with van der Waals surface area (Å²) in [5, 5.41) is 3.42. The molecule has 1 N–H and O–H groups in total. The highest BCUT2D eigenvalue weighted by atomic mass is 19.1. The van der Waals surface area contributed by atoms with Crippen LogP contribution in [0.2, 0.25) is 0 Å². The van der Waals surface area contributed by atoms with Crippen LogP contribution in [0.4, 0.5) is 14.9 Å². The SMILES string of the molecule is CN=C[C@@]1(Nc2cccc(F)c2)CCN(C(=O)OCc2ccccc2)[C@@H](C)C1. The second-order valence-electron chi connectivity index (χ2n) is 7.22. The van der Waals surface area contributed by atoms with Crippen molar-refractivity contribution in [1.82, 2.24) is 4.90 Å². The molecule has 5 nitrogen and oxygen atoms in total. The molecule has 0 unspecified atom stereocenters. The molecule has 1 amide bonds. The Balaban J connectivity index is 1.64. The first-order chi connectivity index (χ1) is 13.5. The van der Waals surface area contributed by atoms with E-state index in [1.165, 1.54) is 12.1 Å². The van der Waals surface area contributed by atoms with Gasteiger partial charge in [-0.25, -0.2) is 9.18 Å². The summed E-state index contributed by atoms with van der Waals surface area (Å²) in [4.78, 5) is 18.5. The summed E-state index contributed by atoms with van der Waals surface area (Å²) < 4.78 is 19.0. The number of nitrogens with zero attached hydrogens (tertiary/aromatic N) is 2. The van der Waals surface area contributed by atoms with Crippen molar-refractivity contribution < 1.29 is 13.9 Å². The first-order valence-electron chi connectivity index (χ1n) is 9.46. The van der Waals surface area contributed by atoms with Gasteiger partial charge in [0, 0.05) is 31.5 Å². The second kappa shape index (κ2) is 8.87. The lowest BCUT2D eigenvalue weighted by molar-refractivity contribution is 0.0665. The summed E-state index contributed by atoms with van der Waals surface area (Å²) in [5.74, 6) is -0.288. The van der Waals surface area contributed by atoms with Gasteiger partial charge in [-0.1, -0.05) is 36.4 Å². The van der Waals surface area contributed by atoms with E-state index < -0.39 is 5.54 Å². The van der Waals surface area contributed by atoms with E-state index >= 15 is 0 Å². The molecule has 2 aromatic rings. The van der Waals surface area contributed by atoms with E-state index in [1.807, 2.05) is 49.5 Å². The normalized spacial score (nSPS) is 22.2. The van der Waals surface area contributed by atoms with Crippen LogP contribution < -0.4 is 5.32 Å². The van der Waals surface area contributed by atoms with E-state index in [9.17, 15) is 9.18 Å². The highest BCUT2D eigenvalue weighted by Crippen LogP contribution is 2.30. The Morgan fingerprint density at radius 3 is 2.79 bits per heavy atom. The third-order valence-corrected chi connectivity index (χ3v) is 5.02. The Kier molecular flexibility index (Phi) is 6.29. The van der Waals surface area contributed by atoms with Gasteiger partial charge in [0.2, 0.25) is 0 Å². The molecule has 1 aliphatic rings. The number of amides is 1. The minimum atomic E-state index is -0.432. The van der Waals surface area contributed by atoms with Crippen LogP contribution in [0.5, 0.6) is 0 Å². The maximum Gasteiger partial charge on any atom is 0.410 e. The summed E-state index contributed by atoms with van der Waals surface area (Å²) >= 11 is 0. The molecule has 0 bridgehead atoms. The van der Waals surface area contributed by atoms with Crippen molar-refractivity contribution >= 4 is 18.0 Å². The zero-order chi connectivity index (χ0) is 20.0. The number of nitrogens with one attached hydrogen (secondary N) is 1. The number of benzene rings is 2. The molecular formula is C22H26FN3O2. The van der Waals surface area contributed by atoms with Crippen LogP contribution >= 0.6 is 0 Å². The van der Waals surface area contributed by atoms with E-state index in [0.717, 1.165) is 5.56 Å². The third kappa shape index (κ3) is 4.88. The fourth-order valence-electron chi connectivity index (χ4n) is 3.72. The van der Waals surface area contributed by atoms with Crippen molar-refractivity contribution in [3.8, 4) is 0 Å². The predicted octanol–water partition coefficient (Wildman–Crippen LogP) is 4.50. The lowest BCUT2D eigenvalue weighted by Gasteiger charge is -2.44. The van der Waals surface area contributed by atoms with Gasteiger partial charge < -0.3 is 15.0 Å². The molecule has 1 aliphatic heterocycles. The highest BCUT2D eigenvalue weighted by molar-refractivity contribution is 5.77. The minimum absolute atomic E-state index is 0.0453. The Morgan fingerprint density at radius 2 is 2.11 bits per heavy atom. The van der Waals surface area contributed by atoms with E-state index in [1.54, 1.807) is 18.0 Å². The van der Waals surface area contributed by atoms with Gasteiger partial charge in [-0.05, 0) is 43.5 Å². The number of piperidine rings is 1. The standard InChI is InChI=1S/C22H26FN3O2/c1-17-14-22(16-24-2,25-20-10-6-9-19(23)13-20)11-12-26(17)21(27)28-15-18-7-4-3-5-8-18/h3-10,13,16-17,25H,11-12,14-15H2,1-2H3/t17-,22+/m0/s1. The zero-order valence-electron chi connectivity index (χ0n) is 16.3. The van der Waals surface area contributed by atoms with Crippen LogP contribution in [0.15, 0.2) is 59.6 Å². The summed E-state index contributed by atoms with van der Waals surface area (Å²) in [6, 6.07) is 16.0. The Labute approximate surface area is 165 Å². The number of rotatable bonds is 5. The fourth-order valence-corrected chi connectivity index (χ4v) is 3.72. The minimum Gasteiger partial charge on any atom is -0.445 e. The lowest BCUT2D eigenvalue weighted by atomic mass is 9.84. The molecule has 2 aromatic carbocycles. The van der Waals surface area contributed by atoms with Crippen molar-refractivity contribution in [1.29, 1.82) is 0 Å². The van der Waals surface area contributed by atoms with Gasteiger partial charge >= 0.3 is 6.09 Å². The number of carbonyl (C=O) groups excluding carboxylic acids is 1. The molecule has 0 radical (unpaired) electrons. The van der Waals surface area contributed by atoms with Crippen molar-refractivity contribution in [3.63, 3.8) is 0 Å². The number of carbonyl (C=O) groups is 1. The Morgan fingerprint density at radius 1 is 1.32 bits per heavy atom. The van der Waals surface area contributed by atoms with Crippen LogP contribution in [-0.2, 0) is 11.3 Å². The van der Waals surface area contributed by atoms with Crippen LogP contribution in [0.3, 0.4) is 0 Å². The molecule has 148 valence electrons.